The number of carbonyl (C=O) groups excluding carboxylic acids is 2. The van der Waals surface area contributed by atoms with E-state index in [0.29, 0.717) is 5.69 Å². The second-order valence-corrected chi connectivity index (χ2v) is 3.43. The summed E-state index contributed by atoms with van der Waals surface area (Å²) in [6, 6.07) is 7.00. The van der Waals surface area contributed by atoms with Crippen molar-refractivity contribution < 1.29 is 9.59 Å². The summed E-state index contributed by atoms with van der Waals surface area (Å²) in [6.45, 7) is 1.23. The SMILES string of the molecule is CC(=O)C(=O)Nc1ccc(Br)cc1. The third-order valence-electron chi connectivity index (χ3n) is 1.42. The fraction of sp³-hybridized carbons (Fsp3) is 0.111. The summed E-state index contributed by atoms with van der Waals surface area (Å²) in [4.78, 5) is 21.5. The van der Waals surface area contributed by atoms with Gasteiger partial charge in [-0.3, -0.25) is 9.59 Å². The first kappa shape index (κ1) is 9.92. The van der Waals surface area contributed by atoms with E-state index in [1.807, 2.05) is 0 Å². The molecule has 4 heteroatoms. The summed E-state index contributed by atoms with van der Waals surface area (Å²) in [7, 11) is 0. The molecule has 0 aliphatic carbocycles. The van der Waals surface area contributed by atoms with Gasteiger partial charge in [0.15, 0.2) is 0 Å². The number of hydrogen-bond acceptors (Lipinski definition) is 2. The highest BCUT2D eigenvalue weighted by atomic mass is 79.9. The van der Waals surface area contributed by atoms with Gasteiger partial charge in [-0.2, -0.15) is 0 Å². The van der Waals surface area contributed by atoms with E-state index in [1.54, 1.807) is 24.3 Å². The van der Waals surface area contributed by atoms with Gasteiger partial charge in [-0.05, 0) is 24.3 Å². The predicted molar refractivity (Wildman–Crippen MR) is 53.5 cm³/mol. The van der Waals surface area contributed by atoms with Gasteiger partial charge in [0.25, 0.3) is 5.91 Å². The number of benzene rings is 1. The molecule has 0 unspecified atom stereocenters. The Hall–Kier alpha value is -1.16. The summed E-state index contributed by atoms with van der Waals surface area (Å²) in [5.41, 5.74) is 0.614. The van der Waals surface area contributed by atoms with Crippen molar-refractivity contribution in [2.75, 3.05) is 5.32 Å². The van der Waals surface area contributed by atoms with Crippen LogP contribution in [0.25, 0.3) is 0 Å². The maximum atomic E-state index is 10.9. The number of rotatable bonds is 2. The lowest BCUT2D eigenvalue weighted by atomic mass is 10.3. The molecule has 68 valence electrons. The van der Waals surface area contributed by atoms with Crippen LogP contribution in [0.15, 0.2) is 28.7 Å². The van der Waals surface area contributed by atoms with E-state index in [2.05, 4.69) is 21.2 Å². The van der Waals surface area contributed by atoms with Gasteiger partial charge in [-0.25, -0.2) is 0 Å². The summed E-state index contributed by atoms with van der Waals surface area (Å²) in [5, 5.41) is 2.46. The molecule has 0 aliphatic rings. The van der Waals surface area contributed by atoms with Gasteiger partial charge < -0.3 is 5.32 Å². The van der Waals surface area contributed by atoms with Gasteiger partial charge in [0.2, 0.25) is 5.78 Å². The zero-order valence-electron chi connectivity index (χ0n) is 7.00. The minimum Gasteiger partial charge on any atom is -0.319 e. The molecule has 0 aliphatic heterocycles. The monoisotopic (exact) mass is 241 g/mol. The molecule has 1 amide bonds. The van der Waals surface area contributed by atoms with Gasteiger partial charge in [0.05, 0.1) is 0 Å². The molecule has 0 spiro atoms. The molecular weight excluding hydrogens is 234 g/mol. The van der Waals surface area contributed by atoms with Crippen LogP contribution in [0.2, 0.25) is 0 Å². The molecule has 1 N–H and O–H groups in total. The lowest BCUT2D eigenvalue weighted by Gasteiger charge is -2.01. The molecule has 0 saturated carbocycles. The van der Waals surface area contributed by atoms with E-state index < -0.39 is 11.7 Å². The Morgan fingerprint density at radius 2 is 1.77 bits per heavy atom. The standard InChI is InChI=1S/C9H8BrNO2/c1-6(12)9(13)11-8-4-2-7(10)3-5-8/h2-5H,1H3,(H,11,13). The highest BCUT2D eigenvalue weighted by Gasteiger charge is 2.06. The lowest BCUT2D eigenvalue weighted by molar-refractivity contribution is -0.133. The molecule has 0 radical (unpaired) electrons. The Bertz CT molecular complexity index is 332. The van der Waals surface area contributed by atoms with Crippen LogP contribution in [0.4, 0.5) is 5.69 Å². The summed E-state index contributed by atoms with van der Waals surface area (Å²) in [5.74, 6) is -1.09. The Balaban J connectivity index is 2.70. The van der Waals surface area contributed by atoms with Gasteiger partial charge in [0, 0.05) is 17.1 Å². The summed E-state index contributed by atoms with van der Waals surface area (Å²) in [6.07, 6.45) is 0. The van der Waals surface area contributed by atoms with Crippen LogP contribution in [-0.2, 0) is 9.59 Å². The molecule has 0 atom stereocenters. The van der Waals surface area contributed by atoms with E-state index >= 15 is 0 Å². The number of anilines is 1. The van der Waals surface area contributed by atoms with Crippen molar-refractivity contribution in [2.45, 2.75) is 6.92 Å². The molecule has 0 fully saturated rings. The zero-order valence-corrected chi connectivity index (χ0v) is 8.59. The molecule has 1 rings (SSSR count). The van der Waals surface area contributed by atoms with Crippen LogP contribution >= 0.6 is 15.9 Å². The molecular formula is C9H8BrNO2. The maximum Gasteiger partial charge on any atom is 0.291 e. The highest BCUT2D eigenvalue weighted by Crippen LogP contribution is 2.13. The van der Waals surface area contributed by atoms with Gasteiger partial charge in [-0.1, -0.05) is 15.9 Å². The first-order valence-electron chi connectivity index (χ1n) is 3.67. The van der Waals surface area contributed by atoms with Crippen molar-refractivity contribution in [1.82, 2.24) is 0 Å². The number of nitrogens with one attached hydrogen (secondary N) is 1. The molecule has 3 nitrogen and oxygen atoms in total. The predicted octanol–water partition coefficient (Wildman–Crippen LogP) is 1.98. The molecule has 13 heavy (non-hydrogen) atoms. The number of hydrogen-bond donors (Lipinski definition) is 1. The van der Waals surface area contributed by atoms with Crippen LogP contribution in [0.5, 0.6) is 0 Å². The number of Topliss-reactive ketones (excluding diaryl/α,β-unsaturated/α-hetero) is 1. The third kappa shape index (κ3) is 2.99. The zero-order chi connectivity index (χ0) is 9.84. The van der Waals surface area contributed by atoms with Gasteiger partial charge in [-0.15, -0.1) is 0 Å². The Kier molecular flexibility index (Phi) is 3.19. The van der Waals surface area contributed by atoms with Crippen molar-refractivity contribution in [3.05, 3.63) is 28.7 Å². The first-order chi connectivity index (χ1) is 6.09. The largest absolute Gasteiger partial charge is 0.319 e. The first-order valence-corrected chi connectivity index (χ1v) is 4.46. The van der Waals surface area contributed by atoms with Crippen molar-refractivity contribution in [1.29, 1.82) is 0 Å². The van der Waals surface area contributed by atoms with Gasteiger partial charge >= 0.3 is 0 Å². The van der Waals surface area contributed by atoms with E-state index in [9.17, 15) is 9.59 Å². The van der Waals surface area contributed by atoms with Crippen LogP contribution in [-0.4, -0.2) is 11.7 Å². The van der Waals surface area contributed by atoms with Crippen molar-refractivity contribution in [3.63, 3.8) is 0 Å². The van der Waals surface area contributed by atoms with E-state index in [-0.39, 0.29) is 0 Å². The topological polar surface area (TPSA) is 46.2 Å². The Morgan fingerprint density at radius 1 is 1.23 bits per heavy atom. The van der Waals surface area contributed by atoms with Crippen LogP contribution in [0.1, 0.15) is 6.92 Å². The molecule has 1 aromatic carbocycles. The molecule has 0 saturated heterocycles. The maximum absolute atomic E-state index is 10.9. The fourth-order valence-electron chi connectivity index (χ4n) is 0.752. The molecule has 0 aromatic heterocycles. The molecule has 0 bridgehead atoms. The molecule has 0 heterocycles. The van der Waals surface area contributed by atoms with Crippen LogP contribution in [0.3, 0.4) is 0 Å². The quantitative estimate of drug-likeness (QED) is 0.806. The lowest BCUT2D eigenvalue weighted by Crippen LogP contribution is -2.19. The van der Waals surface area contributed by atoms with Gasteiger partial charge in [0.1, 0.15) is 0 Å². The van der Waals surface area contributed by atoms with Crippen LogP contribution < -0.4 is 5.32 Å². The summed E-state index contributed by atoms with van der Waals surface area (Å²) < 4.78 is 0.924. The van der Waals surface area contributed by atoms with Crippen molar-refractivity contribution in [2.24, 2.45) is 0 Å². The number of amides is 1. The number of halogens is 1. The average Bonchev–Trinajstić information content (AvgIpc) is 2.08. The summed E-state index contributed by atoms with van der Waals surface area (Å²) >= 11 is 3.26. The highest BCUT2D eigenvalue weighted by molar-refractivity contribution is 9.10. The second kappa shape index (κ2) is 4.18. The molecule has 1 aromatic rings. The number of carbonyl (C=O) groups is 2. The minimum absolute atomic E-state index is 0.497. The minimum atomic E-state index is -0.595. The Labute approximate surface area is 84.3 Å². The van der Waals surface area contributed by atoms with E-state index in [0.717, 1.165) is 4.47 Å². The van der Waals surface area contributed by atoms with E-state index in [1.165, 1.54) is 6.92 Å². The van der Waals surface area contributed by atoms with E-state index in [4.69, 9.17) is 0 Å². The van der Waals surface area contributed by atoms with Crippen LogP contribution in [0, 0.1) is 0 Å². The smallest absolute Gasteiger partial charge is 0.291 e. The fourth-order valence-corrected chi connectivity index (χ4v) is 1.02. The third-order valence-corrected chi connectivity index (χ3v) is 1.95. The Morgan fingerprint density at radius 3 is 2.23 bits per heavy atom. The average molecular weight is 242 g/mol. The van der Waals surface area contributed by atoms with Crippen molar-refractivity contribution in [3.8, 4) is 0 Å². The van der Waals surface area contributed by atoms with Crippen molar-refractivity contribution >= 4 is 33.3 Å². The second-order valence-electron chi connectivity index (χ2n) is 2.52. The normalized spacial score (nSPS) is 9.38. The number of ketones is 1.